The molecule has 0 spiro atoms. The smallest absolute Gasteiger partial charge is 0.412 e. The van der Waals surface area contributed by atoms with Crippen molar-refractivity contribution in [2.45, 2.75) is 26.4 Å². The molecule has 2 aromatic rings. The summed E-state index contributed by atoms with van der Waals surface area (Å²) >= 11 is 0. The molecule has 1 amide bonds. The predicted molar refractivity (Wildman–Crippen MR) is 130 cm³/mol. The van der Waals surface area contributed by atoms with E-state index in [9.17, 15) is 9.59 Å². The number of rotatable bonds is 8. The molecule has 0 atom stereocenters. The van der Waals surface area contributed by atoms with Gasteiger partial charge in [-0.3, -0.25) is 10.3 Å². The Morgan fingerprint density at radius 1 is 1.18 bits per heavy atom. The van der Waals surface area contributed by atoms with Crippen LogP contribution < -0.4 is 10.6 Å². The average Bonchev–Trinajstić information content (AvgIpc) is 2.76. The minimum absolute atomic E-state index is 0.189. The van der Waals surface area contributed by atoms with Gasteiger partial charge in [0.15, 0.2) is 0 Å². The Labute approximate surface area is 192 Å². The predicted octanol–water partition coefficient (Wildman–Crippen LogP) is 4.88. The van der Waals surface area contributed by atoms with Gasteiger partial charge in [0.25, 0.3) is 0 Å². The van der Waals surface area contributed by atoms with Gasteiger partial charge in [-0.1, -0.05) is 18.7 Å². The van der Waals surface area contributed by atoms with Gasteiger partial charge in [0.05, 0.1) is 30.4 Å². The van der Waals surface area contributed by atoms with Crippen LogP contribution in [-0.2, 0) is 9.47 Å². The van der Waals surface area contributed by atoms with Gasteiger partial charge in [0, 0.05) is 23.0 Å². The molecule has 1 aromatic carbocycles. The Morgan fingerprint density at radius 2 is 1.91 bits per heavy atom. The molecule has 33 heavy (non-hydrogen) atoms. The molecule has 0 saturated heterocycles. The highest BCUT2D eigenvalue weighted by Gasteiger charge is 2.17. The van der Waals surface area contributed by atoms with E-state index in [-0.39, 0.29) is 5.69 Å². The number of hydrogen-bond acceptors (Lipinski definition) is 8. The highest BCUT2D eigenvalue weighted by atomic mass is 16.6. The van der Waals surface area contributed by atoms with Crippen LogP contribution in [0.2, 0.25) is 0 Å². The van der Waals surface area contributed by atoms with Gasteiger partial charge in [0.1, 0.15) is 11.3 Å². The molecule has 0 radical (unpaired) electrons. The lowest BCUT2D eigenvalue weighted by molar-refractivity contribution is 0.0592. The van der Waals surface area contributed by atoms with Crippen LogP contribution >= 0.6 is 0 Å². The van der Waals surface area contributed by atoms with Gasteiger partial charge in [-0.05, 0) is 51.8 Å². The maximum Gasteiger partial charge on any atom is 0.412 e. The Hall–Kier alpha value is -4.27. The minimum Gasteiger partial charge on any atom is -0.464 e. The van der Waals surface area contributed by atoms with Crippen molar-refractivity contribution in [3.8, 4) is 0 Å². The fourth-order valence-corrected chi connectivity index (χ4v) is 2.66. The number of benzene rings is 1. The number of amides is 1. The number of hydrogen-bond donors (Lipinski definition) is 3. The van der Waals surface area contributed by atoms with Gasteiger partial charge < -0.3 is 20.2 Å². The number of esters is 1. The molecule has 0 aliphatic heterocycles. The quantitative estimate of drug-likeness (QED) is 0.300. The van der Waals surface area contributed by atoms with Gasteiger partial charge >= 0.3 is 12.1 Å². The lowest BCUT2D eigenvalue weighted by Crippen LogP contribution is -2.27. The van der Waals surface area contributed by atoms with E-state index in [4.69, 9.17) is 10.1 Å². The number of nitrogens with zero attached hydrogens (tertiary/aromatic N) is 2. The van der Waals surface area contributed by atoms with Gasteiger partial charge in [0.2, 0.25) is 0 Å². The first-order valence-electron chi connectivity index (χ1n) is 9.90. The van der Waals surface area contributed by atoms with Crippen molar-refractivity contribution in [3.63, 3.8) is 0 Å². The van der Waals surface area contributed by atoms with Crippen LogP contribution in [0.5, 0.6) is 0 Å². The first-order chi connectivity index (χ1) is 15.6. The van der Waals surface area contributed by atoms with Crippen molar-refractivity contribution in [1.82, 2.24) is 4.98 Å². The number of methoxy groups -OCH3 is 1. The molecule has 0 aliphatic carbocycles. The van der Waals surface area contributed by atoms with Crippen LogP contribution in [0, 0.1) is 5.41 Å². The van der Waals surface area contributed by atoms with Crippen LogP contribution in [-0.4, -0.2) is 42.7 Å². The van der Waals surface area contributed by atoms with Crippen molar-refractivity contribution in [2.24, 2.45) is 4.99 Å². The van der Waals surface area contributed by atoms with Gasteiger partial charge in [-0.2, -0.15) is 0 Å². The second-order valence-corrected chi connectivity index (χ2v) is 7.83. The summed E-state index contributed by atoms with van der Waals surface area (Å²) in [6.45, 7) is 12.9. The van der Waals surface area contributed by atoms with Crippen LogP contribution in [0.1, 0.15) is 42.4 Å². The van der Waals surface area contributed by atoms with Crippen molar-refractivity contribution in [2.75, 3.05) is 17.7 Å². The Kier molecular flexibility index (Phi) is 8.22. The third-order valence-electron chi connectivity index (χ3n) is 4.08. The third kappa shape index (κ3) is 7.42. The van der Waals surface area contributed by atoms with E-state index in [1.807, 2.05) is 0 Å². The van der Waals surface area contributed by atoms with Crippen LogP contribution in [0.3, 0.4) is 0 Å². The van der Waals surface area contributed by atoms with Crippen molar-refractivity contribution < 1.29 is 19.1 Å². The zero-order chi connectivity index (χ0) is 24.6. The number of aromatic nitrogens is 1. The van der Waals surface area contributed by atoms with E-state index in [1.54, 1.807) is 51.1 Å². The van der Waals surface area contributed by atoms with Crippen molar-refractivity contribution in [1.29, 1.82) is 5.41 Å². The largest absolute Gasteiger partial charge is 0.464 e. The highest BCUT2D eigenvalue weighted by Crippen LogP contribution is 2.25. The van der Waals surface area contributed by atoms with Crippen LogP contribution in [0.25, 0.3) is 5.70 Å². The van der Waals surface area contributed by atoms with Gasteiger partial charge in [-0.25, -0.2) is 14.6 Å². The zero-order valence-electron chi connectivity index (χ0n) is 19.1. The fraction of sp³-hybridized carbons (Fsp3) is 0.208. The molecule has 172 valence electrons. The lowest BCUT2D eigenvalue weighted by atomic mass is 10.1. The third-order valence-corrected chi connectivity index (χ3v) is 4.08. The summed E-state index contributed by atoms with van der Waals surface area (Å²) in [5, 5.41) is 13.3. The number of nitrogens with one attached hydrogen (secondary N) is 3. The number of anilines is 2. The molecular formula is C24H27N5O4. The molecule has 0 unspecified atom stereocenters. The number of pyridine rings is 1. The van der Waals surface area contributed by atoms with Crippen molar-refractivity contribution >= 4 is 42.1 Å². The van der Waals surface area contributed by atoms with E-state index < -0.39 is 17.7 Å². The first kappa shape index (κ1) is 25.0. The standard InChI is InChI=1S/C24H27N5O4/c1-15(28-18-9-10-19(27-14-18)22(30)32-6)11-20(26-5)16-7-8-17(13-25)21(12-16)29-23(31)33-24(2,3)4/h7-14,25,28H,1,5H2,2-4,6H3,(H,29,31)/b20-11-,25-13?. The SMILES string of the molecule is C=N/C(=C\C(=C)Nc1ccc(C(=O)OC)nc1)c1ccc(C=N)c(NC(=O)OC(C)(C)C)c1. The fourth-order valence-electron chi connectivity index (χ4n) is 2.66. The van der Waals surface area contributed by atoms with E-state index in [2.05, 4.69) is 38.6 Å². The molecule has 0 aliphatic rings. The minimum atomic E-state index is -0.659. The second kappa shape index (κ2) is 10.9. The summed E-state index contributed by atoms with van der Waals surface area (Å²) < 4.78 is 9.93. The molecule has 0 fully saturated rings. The summed E-state index contributed by atoms with van der Waals surface area (Å²) in [5.74, 6) is -0.525. The molecular weight excluding hydrogens is 422 g/mol. The van der Waals surface area contributed by atoms with E-state index >= 15 is 0 Å². The summed E-state index contributed by atoms with van der Waals surface area (Å²) in [5.41, 5.74) is 2.65. The number of carbonyl (C=O) groups excluding carboxylic acids is 2. The molecule has 0 saturated carbocycles. The maximum atomic E-state index is 12.2. The van der Waals surface area contributed by atoms with E-state index in [0.717, 1.165) is 6.21 Å². The topological polar surface area (TPSA) is 126 Å². The number of allylic oxidation sites excluding steroid dienone is 1. The molecule has 9 heteroatoms. The molecule has 0 bridgehead atoms. The zero-order valence-corrected chi connectivity index (χ0v) is 19.1. The highest BCUT2D eigenvalue weighted by molar-refractivity contribution is 5.95. The lowest BCUT2D eigenvalue weighted by Gasteiger charge is -2.20. The van der Waals surface area contributed by atoms with Gasteiger partial charge in [-0.15, -0.1) is 0 Å². The molecule has 9 nitrogen and oxygen atoms in total. The molecule has 2 rings (SSSR count). The number of ether oxygens (including phenoxy) is 2. The summed E-state index contributed by atoms with van der Waals surface area (Å²) in [4.78, 5) is 31.8. The Morgan fingerprint density at radius 3 is 2.45 bits per heavy atom. The average molecular weight is 450 g/mol. The van der Waals surface area contributed by atoms with E-state index in [1.165, 1.54) is 19.4 Å². The summed E-state index contributed by atoms with van der Waals surface area (Å²) in [7, 11) is 1.29. The Balaban J connectivity index is 2.23. The number of aliphatic imine (C=N–C) groups is 1. The van der Waals surface area contributed by atoms with E-state index in [0.29, 0.717) is 33.9 Å². The maximum absolute atomic E-state index is 12.2. The normalized spacial score (nSPS) is 11.2. The van der Waals surface area contributed by atoms with Crippen molar-refractivity contribution in [3.05, 3.63) is 71.7 Å². The monoisotopic (exact) mass is 449 g/mol. The number of carbonyl (C=O) groups is 2. The summed E-state index contributed by atoms with van der Waals surface area (Å²) in [6, 6.07) is 8.30. The Bertz CT molecular complexity index is 1100. The van der Waals surface area contributed by atoms with Crippen LogP contribution in [0.4, 0.5) is 16.2 Å². The van der Waals surface area contributed by atoms with Crippen LogP contribution in [0.15, 0.2) is 59.9 Å². The molecule has 1 heterocycles. The first-order valence-corrected chi connectivity index (χ1v) is 9.90. The molecule has 1 aromatic heterocycles. The molecule has 3 N–H and O–H groups in total. The second-order valence-electron chi connectivity index (χ2n) is 7.83. The summed E-state index contributed by atoms with van der Waals surface area (Å²) in [6.07, 6.45) is 3.65.